The largest absolute Gasteiger partial charge is 0.344 e. The van der Waals surface area contributed by atoms with Gasteiger partial charge in [0.25, 0.3) is 5.91 Å². The first-order chi connectivity index (χ1) is 8.49. The molecule has 3 N–H and O–H groups in total. The first-order valence-electron chi connectivity index (χ1n) is 5.53. The van der Waals surface area contributed by atoms with Crippen LogP contribution >= 0.6 is 11.6 Å². The summed E-state index contributed by atoms with van der Waals surface area (Å²) in [6, 6.07) is -0.466. The third-order valence-corrected chi connectivity index (χ3v) is 2.41. The van der Waals surface area contributed by atoms with Crippen LogP contribution in [0.3, 0.4) is 0 Å². The Balaban J connectivity index is 2.30. The zero-order valence-corrected chi connectivity index (χ0v) is 10.9. The molecule has 1 atom stereocenters. The summed E-state index contributed by atoms with van der Waals surface area (Å²) in [5.74, 6) is -0.379. The van der Waals surface area contributed by atoms with Gasteiger partial charge in [-0.15, -0.1) is 0 Å². The average molecular weight is 270 g/mol. The lowest BCUT2D eigenvalue weighted by Gasteiger charge is -2.12. The van der Waals surface area contributed by atoms with Crippen LogP contribution in [0.25, 0.3) is 0 Å². The number of rotatable bonds is 5. The number of hydrazine groups is 1. The molecule has 1 aliphatic rings. The van der Waals surface area contributed by atoms with Gasteiger partial charge in [0.1, 0.15) is 6.04 Å². The molecular weight excluding hydrogens is 254 g/mol. The summed E-state index contributed by atoms with van der Waals surface area (Å²) in [5, 5.41) is 3.22. The Bertz CT molecular complexity index is 412. The maximum Gasteiger partial charge on any atom is 0.260 e. The van der Waals surface area contributed by atoms with Gasteiger partial charge in [-0.05, 0) is 25.5 Å². The van der Waals surface area contributed by atoms with Crippen molar-refractivity contribution < 1.29 is 9.59 Å². The maximum absolute atomic E-state index is 11.6. The summed E-state index contributed by atoms with van der Waals surface area (Å²) in [4.78, 5) is 22.5. The first kappa shape index (κ1) is 14.3. The Morgan fingerprint density at radius 2 is 2.28 bits per heavy atom. The van der Waals surface area contributed by atoms with Gasteiger partial charge in [-0.25, -0.2) is 0 Å². The number of nitrogens with one attached hydrogen (secondary N) is 3. The lowest BCUT2D eigenvalue weighted by molar-refractivity contribution is -0.126. The molecule has 0 radical (unpaired) electrons. The van der Waals surface area contributed by atoms with Crippen LogP contribution in [-0.4, -0.2) is 17.9 Å². The summed E-state index contributed by atoms with van der Waals surface area (Å²) >= 11 is 5.64. The molecule has 6 heteroatoms. The van der Waals surface area contributed by atoms with Crippen LogP contribution in [0.5, 0.6) is 0 Å². The summed E-state index contributed by atoms with van der Waals surface area (Å²) in [6.45, 7) is 5.45. The van der Waals surface area contributed by atoms with Gasteiger partial charge in [-0.2, -0.15) is 0 Å². The molecule has 98 valence electrons. The highest BCUT2D eigenvalue weighted by atomic mass is 35.5. The number of hydrogen-bond donors (Lipinski definition) is 3. The third kappa shape index (κ3) is 5.05. The highest BCUT2D eigenvalue weighted by Crippen LogP contribution is 2.05. The van der Waals surface area contributed by atoms with Crippen molar-refractivity contribution in [3.05, 3.63) is 35.5 Å². The Hall–Kier alpha value is -1.75. The first-order valence-corrected chi connectivity index (χ1v) is 5.91. The minimum atomic E-state index is -0.466. The fourth-order valence-electron chi connectivity index (χ4n) is 1.38. The summed E-state index contributed by atoms with van der Waals surface area (Å²) < 4.78 is 0. The van der Waals surface area contributed by atoms with Crippen LogP contribution in [0.2, 0.25) is 0 Å². The molecule has 0 spiro atoms. The molecule has 2 amide bonds. The van der Waals surface area contributed by atoms with Crippen LogP contribution < -0.4 is 16.2 Å². The lowest BCUT2D eigenvalue weighted by atomic mass is 10.2. The van der Waals surface area contributed by atoms with Gasteiger partial charge in [-0.3, -0.25) is 20.4 Å². The summed E-state index contributed by atoms with van der Waals surface area (Å²) in [6.07, 6.45) is 5.98. The normalized spacial score (nSPS) is 19.8. The molecule has 1 saturated heterocycles. The van der Waals surface area contributed by atoms with Crippen molar-refractivity contribution in [3.8, 4) is 0 Å². The van der Waals surface area contributed by atoms with Crippen LogP contribution in [0.4, 0.5) is 0 Å². The standard InChI is InChI=1S/C12H16ClN3O2/c1-8(13)4-3-5-9(2)15-16-12(18)10-6-7-11(17)14-10/h3-5,10,15H,2,6-7H2,1H3,(H,14,17)(H,16,18)/b5-3-,8-4+. The predicted octanol–water partition coefficient (Wildman–Crippen LogP) is 1.10. The minimum Gasteiger partial charge on any atom is -0.344 e. The Kier molecular flexibility index (Phi) is 5.45. The number of amides is 2. The third-order valence-electron chi connectivity index (χ3n) is 2.28. The zero-order chi connectivity index (χ0) is 13.5. The van der Waals surface area contributed by atoms with E-state index in [2.05, 4.69) is 22.7 Å². The predicted molar refractivity (Wildman–Crippen MR) is 70.3 cm³/mol. The zero-order valence-electron chi connectivity index (χ0n) is 10.1. The van der Waals surface area contributed by atoms with E-state index in [1.807, 2.05) is 0 Å². The Morgan fingerprint density at radius 1 is 1.56 bits per heavy atom. The van der Waals surface area contributed by atoms with Crippen molar-refractivity contribution >= 4 is 23.4 Å². The summed E-state index contributed by atoms with van der Waals surface area (Å²) in [5.41, 5.74) is 5.63. The van der Waals surface area contributed by atoms with Crippen molar-refractivity contribution in [2.24, 2.45) is 0 Å². The SMILES string of the molecule is C=C(/C=C\C=C(/C)Cl)NNC(=O)C1CCC(=O)N1. The molecule has 0 aromatic heterocycles. The molecule has 0 saturated carbocycles. The van der Waals surface area contributed by atoms with Gasteiger partial charge >= 0.3 is 0 Å². The van der Waals surface area contributed by atoms with E-state index in [0.29, 0.717) is 23.6 Å². The molecule has 1 rings (SSSR count). The van der Waals surface area contributed by atoms with Crippen molar-refractivity contribution in [2.45, 2.75) is 25.8 Å². The van der Waals surface area contributed by atoms with Crippen molar-refractivity contribution in [1.29, 1.82) is 0 Å². The highest BCUT2D eigenvalue weighted by Gasteiger charge is 2.26. The van der Waals surface area contributed by atoms with Gasteiger partial charge in [0.05, 0.1) is 0 Å². The van der Waals surface area contributed by atoms with Gasteiger partial charge in [0.15, 0.2) is 0 Å². The Labute approximate surface area is 111 Å². The molecule has 18 heavy (non-hydrogen) atoms. The van der Waals surface area contributed by atoms with E-state index in [1.165, 1.54) is 0 Å². The highest BCUT2D eigenvalue weighted by molar-refractivity contribution is 6.29. The second-order valence-corrected chi connectivity index (χ2v) is 4.51. The topological polar surface area (TPSA) is 70.2 Å². The molecule has 0 aliphatic carbocycles. The quantitative estimate of drug-likeness (QED) is 0.517. The van der Waals surface area contributed by atoms with Gasteiger partial charge in [0, 0.05) is 17.2 Å². The number of hydrogen-bond acceptors (Lipinski definition) is 3. The fraction of sp³-hybridized carbons (Fsp3) is 0.333. The maximum atomic E-state index is 11.6. The van der Waals surface area contributed by atoms with E-state index in [9.17, 15) is 9.59 Å². The Morgan fingerprint density at radius 3 is 2.83 bits per heavy atom. The van der Waals surface area contributed by atoms with Crippen LogP contribution in [0, 0.1) is 0 Å². The van der Waals surface area contributed by atoms with E-state index in [4.69, 9.17) is 11.6 Å². The molecule has 1 unspecified atom stereocenters. The number of allylic oxidation sites excluding steroid dienone is 4. The molecular formula is C12H16ClN3O2. The van der Waals surface area contributed by atoms with Crippen molar-refractivity contribution in [2.75, 3.05) is 0 Å². The molecule has 1 aliphatic heterocycles. The van der Waals surface area contributed by atoms with Crippen LogP contribution in [0.15, 0.2) is 35.5 Å². The van der Waals surface area contributed by atoms with Gasteiger partial charge in [-0.1, -0.05) is 24.3 Å². The molecule has 0 bridgehead atoms. The lowest BCUT2D eigenvalue weighted by Crippen LogP contribution is -2.46. The van der Waals surface area contributed by atoms with Gasteiger partial charge in [0.2, 0.25) is 5.91 Å². The van der Waals surface area contributed by atoms with E-state index in [0.717, 1.165) is 0 Å². The van der Waals surface area contributed by atoms with Crippen molar-refractivity contribution in [1.82, 2.24) is 16.2 Å². The molecule has 0 aromatic rings. The van der Waals surface area contributed by atoms with Gasteiger partial charge < -0.3 is 5.32 Å². The minimum absolute atomic E-state index is 0.100. The molecule has 1 heterocycles. The molecule has 0 aromatic carbocycles. The van der Waals surface area contributed by atoms with E-state index < -0.39 is 6.04 Å². The average Bonchev–Trinajstić information content (AvgIpc) is 2.72. The second-order valence-electron chi connectivity index (χ2n) is 3.91. The number of carbonyl (C=O) groups excluding carboxylic acids is 2. The molecule has 1 fully saturated rings. The smallest absolute Gasteiger partial charge is 0.260 e. The van der Waals surface area contributed by atoms with E-state index in [1.54, 1.807) is 25.2 Å². The second kappa shape index (κ2) is 6.86. The van der Waals surface area contributed by atoms with Crippen LogP contribution in [0.1, 0.15) is 19.8 Å². The number of halogens is 1. The van der Waals surface area contributed by atoms with E-state index in [-0.39, 0.29) is 11.8 Å². The number of carbonyl (C=O) groups is 2. The summed E-state index contributed by atoms with van der Waals surface area (Å²) in [7, 11) is 0. The van der Waals surface area contributed by atoms with E-state index >= 15 is 0 Å². The molecule has 5 nitrogen and oxygen atoms in total. The van der Waals surface area contributed by atoms with Crippen LogP contribution in [-0.2, 0) is 9.59 Å². The monoisotopic (exact) mass is 269 g/mol. The fourth-order valence-corrected chi connectivity index (χ4v) is 1.45. The van der Waals surface area contributed by atoms with Crippen molar-refractivity contribution in [3.63, 3.8) is 0 Å².